The third kappa shape index (κ3) is 3.63. The van der Waals surface area contributed by atoms with Crippen molar-refractivity contribution in [3.63, 3.8) is 0 Å². The van der Waals surface area contributed by atoms with Crippen LogP contribution in [0.4, 0.5) is 5.69 Å². The van der Waals surface area contributed by atoms with Crippen molar-refractivity contribution in [1.29, 1.82) is 0 Å². The molecule has 0 bridgehead atoms. The van der Waals surface area contributed by atoms with Crippen molar-refractivity contribution in [3.8, 4) is 0 Å². The predicted molar refractivity (Wildman–Crippen MR) is 109 cm³/mol. The molecule has 1 atom stereocenters. The molecule has 1 aliphatic heterocycles. The van der Waals surface area contributed by atoms with Crippen LogP contribution >= 0.6 is 23.2 Å². The summed E-state index contributed by atoms with van der Waals surface area (Å²) in [5, 5.41) is 12.1. The van der Waals surface area contributed by atoms with Crippen LogP contribution < -0.4 is 4.90 Å². The minimum Gasteiger partial charge on any atom is -0.480 e. The molecule has 2 N–H and O–H groups in total. The van der Waals surface area contributed by atoms with Crippen LogP contribution in [0.25, 0.3) is 10.9 Å². The van der Waals surface area contributed by atoms with Crippen LogP contribution in [0.5, 0.6) is 0 Å². The predicted octanol–water partition coefficient (Wildman–Crippen LogP) is 4.42. The molecule has 7 heteroatoms. The molecule has 0 spiro atoms. The summed E-state index contributed by atoms with van der Waals surface area (Å²) in [6, 6.07) is 12.5. The third-order valence-corrected chi connectivity index (χ3v) is 5.56. The Balaban J connectivity index is 1.56. The van der Waals surface area contributed by atoms with E-state index in [1.807, 2.05) is 41.3 Å². The van der Waals surface area contributed by atoms with Gasteiger partial charge in [-0.3, -0.25) is 9.69 Å². The van der Waals surface area contributed by atoms with Gasteiger partial charge in [-0.2, -0.15) is 0 Å². The van der Waals surface area contributed by atoms with Crippen LogP contribution in [0.2, 0.25) is 10.0 Å². The average molecular weight is 404 g/mol. The van der Waals surface area contributed by atoms with E-state index < -0.39 is 12.0 Å². The molecular formula is C20H19Cl2N3O2. The van der Waals surface area contributed by atoms with Crippen molar-refractivity contribution in [2.45, 2.75) is 6.04 Å². The smallest absolute Gasteiger partial charge is 0.325 e. The zero-order valence-electron chi connectivity index (χ0n) is 14.5. The average Bonchev–Trinajstić information content (AvgIpc) is 3.06. The highest BCUT2D eigenvalue weighted by atomic mass is 35.5. The van der Waals surface area contributed by atoms with Gasteiger partial charge in [0.25, 0.3) is 0 Å². The van der Waals surface area contributed by atoms with Gasteiger partial charge in [-0.05, 0) is 42.5 Å². The van der Waals surface area contributed by atoms with Crippen LogP contribution in [0.3, 0.4) is 0 Å². The standard InChI is InChI=1S/C20H19Cl2N3O2/c21-13-1-4-15(5-2-13)24-7-9-25(10-8-24)19(20(26)27)17-12-23-18-6-3-14(22)11-16(17)18/h1-6,11-12,19,23H,7-10H2,(H,26,27). The number of anilines is 1. The van der Waals surface area contributed by atoms with E-state index in [-0.39, 0.29) is 0 Å². The Labute approximate surface area is 167 Å². The highest BCUT2D eigenvalue weighted by molar-refractivity contribution is 6.31. The maximum Gasteiger partial charge on any atom is 0.325 e. The number of rotatable bonds is 4. The second-order valence-electron chi connectivity index (χ2n) is 6.67. The number of H-pyrrole nitrogens is 1. The number of carbonyl (C=O) groups is 1. The van der Waals surface area contributed by atoms with Crippen LogP contribution in [0.15, 0.2) is 48.7 Å². The van der Waals surface area contributed by atoms with E-state index in [0.717, 1.165) is 35.2 Å². The van der Waals surface area contributed by atoms with Gasteiger partial charge in [0.1, 0.15) is 6.04 Å². The molecule has 5 nitrogen and oxygen atoms in total. The van der Waals surface area contributed by atoms with Gasteiger partial charge in [-0.15, -0.1) is 0 Å². The van der Waals surface area contributed by atoms with Crippen molar-refractivity contribution in [3.05, 3.63) is 64.3 Å². The minimum atomic E-state index is -0.851. The summed E-state index contributed by atoms with van der Waals surface area (Å²) in [4.78, 5) is 19.5. The van der Waals surface area contributed by atoms with Crippen molar-refractivity contribution in [2.24, 2.45) is 0 Å². The van der Waals surface area contributed by atoms with Crippen molar-refractivity contribution < 1.29 is 9.90 Å². The lowest BCUT2D eigenvalue weighted by atomic mass is 10.0. The van der Waals surface area contributed by atoms with Crippen molar-refractivity contribution >= 4 is 45.8 Å². The number of nitrogens with zero attached hydrogens (tertiary/aromatic N) is 2. The molecule has 0 aliphatic carbocycles. The zero-order valence-corrected chi connectivity index (χ0v) is 16.0. The number of hydrogen-bond acceptors (Lipinski definition) is 3. The van der Waals surface area contributed by atoms with Gasteiger partial charge in [0, 0.05) is 64.6 Å². The fourth-order valence-electron chi connectivity index (χ4n) is 3.72. The first kappa shape index (κ1) is 18.2. The van der Waals surface area contributed by atoms with Gasteiger partial charge < -0.3 is 15.0 Å². The van der Waals surface area contributed by atoms with Crippen molar-refractivity contribution in [2.75, 3.05) is 31.1 Å². The van der Waals surface area contributed by atoms with Crippen LogP contribution in [-0.4, -0.2) is 47.1 Å². The molecule has 1 fully saturated rings. The molecule has 140 valence electrons. The Kier molecular flexibility index (Phi) is 5.00. The first-order chi connectivity index (χ1) is 13.0. The quantitative estimate of drug-likeness (QED) is 0.676. The molecule has 0 radical (unpaired) electrons. The number of piperazine rings is 1. The maximum atomic E-state index is 12.1. The number of aromatic amines is 1. The molecule has 2 heterocycles. The number of carboxylic acids is 1. The van der Waals surface area contributed by atoms with Crippen molar-refractivity contribution in [1.82, 2.24) is 9.88 Å². The highest BCUT2D eigenvalue weighted by Crippen LogP contribution is 2.31. The summed E-state index contributed by atoms with van der Waals surface area (Å²) in [6.07, 6.45) is 1.78. The van der Waals surface area contributed by atoms with Gasteiger partial charge in [-0.25, -0.2) is 0 Å². The largest absolute Gasteiger partial charge is 0.480 e. The maximum absolute atomic E-state index is 12.1. The van der Waals surface area contributed by atoms with E-state index >= 15 is 0 Å². The Morgan fingerprint density at radius 2 is 1.67 bits per heavy atom. The first-order valence-corrected chi connectivity index (χ1v) is 9.52. The summed E-state index contributed by atoms with van der Waals surface area (Å²) in [5.74, 6) is -0.851. The molecule has 0 amide bonds. The van der Waals surface area contributed by atoms with Crippen LogP contribution in [0.1, 0.15) is 11.6 Å². The number of aliphatic carboxylic acids is 1. The number of benzene rings is 2. The fraction of sp³-hybridized carbons (Fsp3) is 0.250. The Morgan fingerprint density at radius 1 is 1.00 bits per heavy atom. The van der Waals surface area contributed by atoms with Gasteiger partial charge >= 0.3 is 5.97 Å². The summed E-state index contributed by atoms with van der Waals surface area (Å²) >= 11 is 12.1. The fourth-order valence-corrected chi connectivity index (χ4v) is 4.01. The third-order valence-electron chi connectivity index (χ3n) is 5.08. The molecule has 1 aromatic heterocycles. The number of halogens is 2. The zero-order chi connectivity index (χ0) is 19.0. The number of carboxylic acid groups (broad SMARTS) is 1. The SMILES string of the molecule is O=C(O)C(c1c[nH]c2ccc(Cl)cc12)N1CCN(c2ccc(Cl)cc2)CC1. The van der Waals surface area contributed by atoms with E-state index in [0.29, 0.717) is 23.1 Å². The van der Waals surface area contributed by atoms with Crippen LogP contribution in [-0.2, 0) is 4.79 Å². The number of nitrogens with one attached hydrogen (secondary N) is 1. The van der Waals surface area contributed by atoms with E-state index in [2.05, 4.69) is 9.88 Å². The lowest BCUT2D eigenvalue weighted by Crippen LogP contribution is -2.49. The Bertz CT molecular complexity index is 963. The monoisotopic (exact) mass is 403 g/mol. The van der Waals surface area contributed by atoms with E-state index in [9.17, 15) is 9.90 Å². The van der Waals surface area contributed by atoms with E-state index in [1.165, 1.54) is 0 Å². The normalized spacial score (nSPS) is 16.6. The number of fused-ring (bicyclic) bond motifs is 1. The van der Waals surface area contributed by atoms with Gasteiger partial charge in [-0.1, -0.05) is 23.2 Å². The summed E-state index contributed by atoms with van der Waals surface area (Å²) < 4.78 is 0. The molecular weight excluding hydrogens is 385 g/mol. The van der Waals surface area contributed by atoms with E-state index in [4.69, 9.17) is 23.2 Å². The second-order valence-corrected chi connectivity index (χ2v) is 7.55. The first-order valence-electron chi connectivity index (χ1n) is 8.77. The molecule has 1 unspecified atom stereocenters. The number of aromatic nitrogens is 1. The molecule has 27 heavy (non-hydrogen) atoms. The van der Waals surface area contributed by atoms with Gasteiger partial charge in [0.15, 0.2) is 0 Å². The lowest BCUT2D eigenvalue weighted by molar-refractivity contribution is -0.143. The molecule has 3 aromatic rings. The van der Waals surface area contributed by atoms with E-state index in [1.54, 1.807) is 12.3 Å². The Hall–Kier alpha value is -2.21. The lowest BCUT2D eigenvalue weighted by Gasteiger charge is -2.38. The highest BCUT2D eigenvalue weighted by Gasteiger charge is 2.32. The molecule has 0 saturated carbocycles. The number of hydrogen-bond donors (Lipinski definition) is 2. The molecule has 1 aliphatic rings. The molecule has 1 saturated heterocycles. The summed E-state index contributed by atoms with van der Waals surface area (Å²) in [7, 11) is 0. The summed E-state index contributed by atoms with van der Waals surface area (Å²) in [5.41, 5.74) is 2.74. The second kappa shape index (κ2) is 7.43. The molecule has 4 rings (SSSR count). The topological polar surface area (TPSA) is 59.6 Å². The summed E-state index contributed by atoms with van der Waals surface area (Å²) in [6.45, 7) is 2.84. The minimum absolute atomic E-state index is 0.597. The van der Waals surface area contributed by atoms with Gasteiger partial charge in [0.05, 0.1) is 0 Å². The Morgan fingerprint density at radius 3 is 2.33 bits per heavy atom. The molecule has 2 aromatic carbocycles. The van der Waals surface area contributed by atoms with Crippen LogP contribution in [0, 0.1) is 0 Å². The van der Waals surface area contributed by atoms with Gasteiger partial charge in [0.2, 0.25) is 0 Å².